The number of piperazine rings is 1. The second-order valence-corrected chi connectivity index (χ2v) is 10.3. The van der Waals surface area contributed by atoms with Crippen LogP contribution in [0.4, 0.5) is 8.78 Å². The second-order valence-electron chi connectivity index (χ2n) is 10.3. The third-order valence-corrected chi connectivity index (χ3v) is 7.14. The Morgan fingerprint density at radius 1 is 1.07 bits per heavy atom. The Kier molecular flexibility index (Phi) is 11.6. The van der Waals surface area contributed by atoms with Gasteiger partial charge in [0, 0.05) is 25.7 Å². The molecule has 0 spiro atoms. The average molecular weight is 559 g/mol. The summed E-state index contributed by atoms with van der Waals surface area (Å²) in [5.41, 5.74) is 2.49. The summed E-state index contributed by atoms with van der Waals surface area (Å²) in [6.07, 6.45) is 1.42. The number of aliphatic hydroxyl groups is 1. The minimum Gasteiger partial charge on any atom is -0.390 e. The van der Waals surface area contributed by atoms with Gasteiger partial charge in [-0.1, -0.05) is 44.5 Å². The molecule has 1 aliphatic heterocycles. The molecule has 3 amide bonds. The molecule has 218 valence electrons. The van der Waals surface area contributed by atoms with Crippen LogP contribution in [0.25, 0.3) is 0 Å². The van der Waals surface area contributed by atoms with Crippen molar-refractivity contribution in [2.75, 3.05) is 26.2 Å². The molecule has 0 aliphatic carbocycles. The predicted octanol–water partition coefficient (Wildman–Crippen LogP) is 2.56. The molecular weight excluding hydrogens is 518 g/mol. The van der Waals surface area contributed by atoms with Crippen LogP contribution >= 0.6 is 0 Å². The zero-order chi connectivity index (χ0) is 29.2. The van der Waals surface area contributed by atoms with Crippen molar-refractivity contribution in [1.29, 1.82) is 0 Å². The van der Waals surface area contributed by atoms with Crippen LogP contribution in [0.5, 0.6) is 0 Å². The van der Waals surface area contributed by atoms with Gasteiger partial charge in [-0.15, -0.1) is 0 Å². The number of nitrogens with one attached hydrogen (secondary N) is 2. The lowest BCUT2D eigenvalue weighted by Gasteiger charge is -2.38. The lowest BCUT2D eigenvalue weighted by atomic mass is 10.0. The summed E-state index contributed by atoms with van der Waals surface area (Å²) in [6, 6.07) is 9.50. The maximum Gasteiger partial charge on any atom is 0.246 e. The standard InChI is InChI=1S/C30H40F2N4O4/c1-4-6-10-36-20(3)30(40)35(19-29(36)39)18-28(38)34-26(14-23-12-24(31)15-25(32)13-23)27(37)17-33-16-22-9-7-8-21(5-2)11-22/h7-9,11-13,15,20,26-27,33,37H,4-6,10,14,16-19H2,1-3H3,(H,34,38)/t20-,26+,27+/m1/s1. The molecule has 1 heterocycles. The first-order chi connectivity index (χ1) is 19.1. The van der Waals surface area contributed by atoms with Crippen LogP contribution in [-0.2, 0) is 33.8 Å². The summed E-state index contributed by atoms with van der Waals surface area (Å²) >= 11 is 0. The number of hydrogen-bond donors (Lipinski definition) is 3. The van der Waals surface area contributed by atoms with Crippen molar-refractivity contribution >= 4 is 17.7 Å². The van der Waals surface area contributed by atoms with Gasteiger partial charge in [0.1, 0.15) is 30.8 Å². The normalized spacial score (nSPS) is 17.2. The molecule has 2 aromatic rings. The second kappa shape index (κ2) is 14.9. The van der Waals surface area contributed by atoms with E-state index in [0.29, 0.717) is 13.1 Å². The minimum absolute atomic E-state index is 0.0390. The molecule has 40 heavy (non-hydrogen) atoms. The van der Waals surface area contributed by atoms with E-state index in [-0.39, 0.29) is 43.4 Å². The number of carbonyl (C=O) groups excluding carboxylic acids is 3. The number of carbonyl (C=O) groups is 3. The zero-order valence-electron chi connectivity index (χ0n) is 23.5. The van der Waals surface area contributed by atoms with Crippen molar-refractivity contribution in [2.45, 2.75) is 71.2 Å². The van der Waals surface area contributed by atoms with Crippen LogP contribution in [0.3, 0.4) is 0 Å². The Morgan fingerprint density at radius 3 is 2.45 bits per heavy atom. The number of halogens is 2. The fourth-order valence-electron chi connectivity index (χ4n) is 4.88. The molecule has 0 saturated carbocycles. The van der Waals surface area contributed by atoms with Crippen molar-refractivity contribution in [3.05, 3.63) is 70.8 Å². The highest BCUT2D eigenvalue weighted by Crippen LogP contribution is 2.15. The molecule has 3 rings (SSSR count). The van der Waals surface area contributed by atoms with E-state index >= 15 is 0 Å². The molecule has 0 radical (unpaired) electrons. The van der Waals surface area contributed by atoms with E-state index in [9.17, 15) is 28.3 Å². The van der Waals surface area contributed by atoms with Crippen molar-refractivity contribution < 1.29 is 28.3 Å². The number of amides is 3. The van der Waals surface area contributed by atoms with Gasteiger partial charge >= 0.3 is 0 Å². The Hall–Kier alpha value is -3.37. The van der Waals surface area contributed by atoms with Gasteiger partial charge in [-0.3, -0.25) is 14.4 Å². The van der Waals surface area contributed by atoms with Gasteiger partial charge in [0.2, 0.25) is 17.7 Å². The van der Waals surface area contributed by atoms with E-state index in [2.05, 4.69) is 23.6 Å². The third-order valence-electron chi connectivity index (χ3n) is 7.14. The molecule has 1 saturated heterocycles. The van der Waals surface area contributed by atoms with Gasteiger partial charge in [0.15, 0.2) is 0 Å². The van der Waals surface area contributed by atoms with E-state index in [1.807, 2.05) is 25.1 Å². The Balaban J connectivity index is 1.66. The highest BCUT2D eigenvalue weighted by Gasteiger charge is 2.37. The van der Waals surface area contributed by atoms with Gasteiger partial charge in [-0.25, -0.2) is 8.78 Å². The quantitative estimate of drug-likeness (QED) is 0.331. The number of unbranched alkanes of at least 4 members (excludes halogenated alkanes) is 1. The van der Waals surface area contributed by atoms with E-state index in [1.54, 1.807) is 6.92 Å². The van der Waals surface area contributed by atoms with Crippen molar-refractivity contribution in [3.63, 3.8) is 0 Å². The number of benzene rings is 2. The Bertz CT molecular complexity index is 1160. The molecule has 10 heteroatoms. The summed E-state index contributed by atoms with van der Waals surface area (Å²) < 4.78 is 27.7. The molecule has 2 aromatic carbocycles. The number of nitrogens with zero attached hydrogens (tertiary/aromatic N) is 2. The van der Waals surface area contributed by atoms with Gasteiger partial charge in [0.05, 0.1) is 12.1 Å². The van der Waals surface area contributed by atoms with Crippen molar-refractivity contribution in [1.82, 2.24) is 20.4 Å². The summed E-state index contributed by atoms with van der Waals surface area (Å²) in [5.74, 6) is -2.65. The zero-order valence-corrected chi connectivity index (χ0v) is 23.5. The Morgan fingerprint density at radius 2 is 1.77 bits per heavy atom. The molecule has 8 nitrogen and oxygen atoms in total. The SMILES string of the molecule is CCCCN1C(=O)CN(CC(=O)N[C@@H](Cc2cc(F)cc(F)c2)[C@@H](O)CNCc2cccc(CC)c2)C(=O)[C@H]1C. The topological polar surface area (TPSA) is 102 Å². The molecule has 3 atom stereocenters. The fraction of sp³-hybridized carbons (Fsp3) is 0.500. The monoisotopic (exact) mass is 558 g/mol. The van der Waals surface area contributed by atoms with Crippen LogP contribution in [0, 0.1) is 11.6 Å². The number of rotatable bonds is 14. The first-order valence-electron chi connectivity index (χ1n) is 13.9. The van der Waals surface area contributed by atoms with Crippen molar-refractivity contribution in [3.8, 4) is 0 Å². The lowest BCUT2D eigenvalue weighted by Crippen LogP contribution is -2.61. The molecule has 1 fully saturated rings. The largest absolute Gasteiger partial charge is 0.390 e. The third kappa shape index (κ3) is 8.82. The molecule has 0 aromatic heterocycles. The molecule has 1 aliphatic rings. The lowest BCUT2D eigenvalue weighted by molar-refractivity contribution is -0.156. The predicted molar refractivity (Wildman–Crippen MR) is 148 cm³/mol. The van der Waals surface area contributed by atoms with Gasteiger partial charge in [-0.2, -0.15) is 0 Å². The van der Waals surface area contributed by atoms with E-state index in [0.717, 1.165) is 43.0 Å². The summed E-state index contributed by atoms with van der Waals surface area (Å²) in [5, 5.41) is 16.9. The van der Waals surface area contributed by atoms with Crippen LogP contribution in [0.1, 0.15) is 50.3 Å². The number of aryl methyl sites for hydroxylation is 1. The molecule has 3 N–H and O–H groups in total. The van der Waals surface area contributed by atoms with Crippen LogP contribution in [0.2, 0.25) is 0 Å². The maximum absolute atomic E-state index is 13.8. The number of aliphatic hydroxyl groups excluding tert-OH is 1. The molecule has 0 bridgehead atoms. The first kappa shape index (κ1) is 31.2. The van der Waals surface area contributed by atoms with E-state index in [4.69, 9.17) is 0 Å². The maximum atomic E-state index is 13.8. The summed E-state index contributed by atoms with van der Waals surface area (Å²) in [4.78, 5) is 41.3. The molecule has 0 unspecified atom stereocenters. The van der Waals surface area contributed by atoms with E-state index in [1.165, 1.54) is 15.4 Å². The smallest absolute Gasteiger partial charge is 0.246 e. The fourth-order valence-corrected chi connectivity index (χ4v) is 4.88. The highest BCUT2D eigenvalue weighted by molar-refractivity contribution is 5.96. The Labute approximate surface area is 234 Å². The van der Waals surface area contributed by atoms with Gasteiger partial charge < -0.3 is 25.5 Å². The van der Waals surface area contributed by atoms with Gasteiger partial charge in [-0.05, 0) is 55.0 Å². The first-order valence-corrected chi connectivity index (χ1v) is 13.9. The van der Waals surface area contributed by atoms with Crippen molar-refractivity contribution in [2.24, 2.45) is 0 Å². The average Bonchev–Trinajstić information content (AvgIpc) is 2.90. The number of hydrogen-bond acceptors (Lipinski definition) is 5. The summed E-state index contributed by atoms with van der Waals surface area (Å²) in [7, 11) is 0. The summed E-state index contributed by atoms with van der Waals surface area (Å²) in [6.45, 7) is 6.20. The van der Waals surface area contributed by atoms with Crippen LogP contribution in [-0.4, -0.2) is 77.0 Å². The van der Waals surface area contributed by atoms with E-state index < -0.39 is 35.7 Å². The minimum atomic E-state index is -1.10. The van der Waals surface area contributed by atoms with Crippen LogP contribution in [0.15, 0.2) is 42.5 Å². The van der Waals surface area contributed by atoms with Crippen LogP contribution < -0.4 is 10.6 Å². The highest BCUT2D eigenvalue weighted by atomic mass is 19.1. The van der Waals surface area contributed by atoms with Gasteiger partial charge in [0.25, 0.3) is 0 Å². The molecular formula is C30H40F2N4O4.